The van der Waals surface area contributed by atoms with Gasteiger partial charge >= 0.3 is 0 Å². The number of thioether (sulfide) groups is 1. The molecule has 102 valence electrons. The standard InChI is InChI=1S/C13H15BrN2O2S/c14-10-1-2-12-15-11(4-16(12)3-10)5-19-9-13(6-17)7-18-8-13/h1-4,17H,5-9H2. The molecule has 1 aliphatic heterocycles. The summed E-state index contributed by atoms with van der Waals surface area (Å²) in [5.41, 5.74) is 2.01. The second-order valence-corrected chi connectivity index (χ2v) is 6.89. The largest absolute Gasteiger partial charge is 0.396 e. The number of ether oxygens (including phenoxy) is 1. The zero-order chi connectivity index (χ0) is 13.3. The maximum atomic E-state index is 9.36. The fourth-order valence-corrected chi connectivity index (χ4v) is 3.56. The van der Waals surface area contributed by atoms with E-state index >= 15 is 0 Å². The number of aliphatic hydroxyl groups excluding tert-OH is 1. The van der Waals surface area contributed by atoms with Gasteiger partial charge in [0.05, 0.1) is 25.5 Å². The van der Waals surface area contributed by atoms with E-state index in [1.54, 1.807) is 11.8 Å². The molecule has 0 unspecified atom stereocenters. The van der Waals surface area contributed by atoms with E-state index in [0.29, 0.717) is 13.2 Å². The van der Waals surface area contributed by atoms with Crippen molar-refractivity contribution in [2.45, 2.75) is 5.75 Å². The van der Waals surface area contributed by atoms with E-state index in [9.17, 15) is 5.11 Å². The maximum Gasteiger partial charge on any atom is 0.137 e. The van der Waals surface area contributed by atoms with Gasteiger partial charge in [0.25, 0.3) is 0 Å². The van der Waals surface area contributed by atoms with Crippen LogP contribution in [0.1, 0.15) is 5.69 Å². The monoisotopic (exact) mass is 342 g/mol. The molecule has 1 aliphatic rings. The molecular weight excluding hydrogens is 328 g/mol. The Labute approximate surface area is 124 Å². The number of hydrogen-bond donors (Lipinski definition) is 1. The molecule has 0 amide bonds. The van der Waals surface area contributed by atoms with Crippen LogP contribution in [-0.2, 0) is 10.5 Å². The van der Waals surface area contributed by atoms with Gasteiger partial charge in [0.1, 0.15) is 5.65 Å². The molecule has 0 bridgehead atoms. The topological polar surface area (TPSA) is 46.8 Å². The summed E-state index contributed by atoms with van der Waals surface area (Å²) in [4.78, 5) is 4.57. The quantitative estimate of drug-likeness (QED) is 0.905. The zero-order valence-corrected chi connectivity index (χ0v) is 12.8. The normalized spacial score (nSPS) is 17.6. The summed E-state index contributed by atoms with van der Waals surface area (Å²) in [6, 6.07) is 3.99. The molecule has 0 radical (unpaired) electrons. The van der Waals surface area contributed by atoms with Crippen molar-refractivity contribution in [3.05, 3.63) is 34.7 Å². The number of hydrogen-bond acceptors (Lipinski definition) is 4. The highest BCUT2D eigenvalue weighted by atomic mass is 79.9. The van der Waals surface area contributed by atoms with Crippen molar-refractivity contribution in [2.24, 2.45) is 5.41 Å². The fourth-order valence-electron chi connectivity index (χ4n) is 2.07. The molecule has 2 aromatic heterocycles. The van der Waals surface area contributed by atoms with Gasteiger partial charge in [-0.25, -0.2) is 4.98 Å². The van der Waals surface area contributed by atoms with Gasteiger partial charge in [-0.15, -0.1) is 0 Å². The molecule has 1 N–H and O–H groups in total. The SMILES string of the molecule is OCC1(CSCc2cn3cc(Br)ccc3n2)COC1. The second-order valence-electron chi connectivity index (χ2n) is 4.99. The molecule has 0 spiro atoms. The van der Waals surface area contributed by atoms with Gasteiger partial charge in [0, 0.05) is 33.8 Å². The van der Waals surface area contributed by atoms with Crippen LogP contribution < -0.4 is 0 Å². The summed E-state index contributed by atoms with van der Waals surface area (Å²) < 4.78 is 8.26. The molecule has 1 fully saturated rings. The van der Waals surface area contributed by atoms with Crippen molar-refractivity contribution in [1.82, 2.24) is 9.38 Å². The van der Waals surface area contributed by atoms with Gasteiger partial charge in [-0.05, 0) is 28.1 Å². The fraction of sp³-hybridized carbons (Fsp3) is 0.462. The third-order valence-corrected chi connectivity index (χ3v) is 5.06. The van der Waals surface area contributed by atoms with Crippen LogP contribution in [0.2, 0.25) is 0 Å². The van der Waals surface area contributed by atoms with Crippen molar-refractivity contribution in [3.8, 4) is 0 Å². The lowest BCUT2D eigenvalue weighted by Crippen LogP contribution is -2.47. The number of aliphatic hydroxyl groups is 1. The Balaban J connectivity index is 1.62. The second kappa shape index (κ2) is 5.44. The van der Waals surface area contributed by atoms with E-state index in [1.165, 1.54) is 0 Å². The number of fused-ring (bicyclic) bond motifs is 1. The van der Waals surface area contributed by atoms with Crippen LogP contribution in [0.3, 0.4) is 0 Å². The van der Waals surface area contributed by atoms with Gasteiger partial charge in [-0.3, -0.25) is 0 Å². The summed E-state index contributed by atoms with van der Waals surface area (Å²) in [5, 5.41) is 9.36. The minimum atomic E-state index is -0.0210. The highest BCUT2D eigenvalue weighted by Crippen LogP contribution is 2.32. The van der Waals surface area contributed by atoms with E-state index in [4.69, 9.17) is 4.74 Å². The molecule has 19 heavy (non-hydrogen) atoms. The molecule has 0 atom stereocenters. The zero-order valence-electron chi connectivity index (χ0n) is 10.4. The molecule has 0 aliphatic carbocycles. The Bertz CT molecular complexity index is 578. The Morgan fingerprint density at radius 2 is 2.26 bits per heavy atom. The van der Waals surface area contributed by atoms with Gasteiger partial charge in [-0.1, -0.05) is 0 Å². The van der Waals surface area contributed by atoms with Gasteiger partial charge in [-0.2, -0.15) is 11.8 Å². The predicted molar refractivity (Wildman–Crippen MR) is 79.4 cm³/mol. The van der Waals surface area contributed by atoms with Crippen LogP contribution in [0.15, 0.2) is 29.0 Å². The van der Waals surface area contributed by atoms with Crippen LogP contribution >= 0.6 is 27.7 Å². The molecule has 3 rings (SSSR count). The average molecular weight is 343 g/mol. The number of halogens is 1. The highest BCUT2D eigenvalue weighted by molar-refractivity contribution is 9.10. The first-order valence-electron chi connectivity index (χ1n) is 6.10. The highest BCUT2D eigenvalue weighted by Gasteiger charge is 2.37. The molecule has 6 heteroatoms. The third kappa shape index (κ3) is 2.81. The lowest BCUT2D eigenvalue weighted by Gasteiger charge is -2.39. The molecule has 3 heterocycles. The number of pyridine rings is 1. The van der Waals surface area contributed by atoms with E-state index in [0.717, 1.165) is 27.3 Å². The molecule has 0 saturated carbocycles. The Morgan fingerprint density at radius 3 is 2.95 bits per heavy atom. The summed E-state index contributed by atoms with van der Waals surface area (Å²) in [5.74, 6) is 1.78. The van der Waals surface area contributed by atoms with E-state index < -0.39 is 0 Å². The van der Waals surface area contributed by atoms with Crippen molar-refractivity contribution < 1.29 is 9.84 Å². The minimum absolute atomic E-state index is 0.0210. The van der Waals surface area contributed by atoms with Crippen LogP contribution in [0.4, 0.5) is 0 Å². The van der Waals surface area contributed by atoms with Crippen molar-refractivity contribution in [1.29, 1.82) is 0 Å². The van der Waals surface area contributed by atoms with Crippen molar-refractivity contribution in [3.63, 3.8) is 0 Å². The summed E-state index contributed by atoms with van der Waals surface area (Å²) >= 11 is 5.26. The summed E-state index contributed by atoms with van der Waals surface area (Å²) in [6.45, 7) is 1.56. The first-order valence-corrected chi connectivity index (χ1v) is 8.05. The lowest BCUT2D eigenvalue weighted by atomic mass is 9.90. The van der Waals surface area contributed by atoms with E-state index in [1.807, 2.05) is 22.7 Å². The van der Waals surface area contributed by atoms with Gasteiger partial charge in [0.2, 0.25) is 0 Å². The number of nitrogens with zero attached hydrogens (tertiary/aromatic N) is 2. The first kappa shape index (κ1) is 13.4. The predicted octanol–water partition coefficient (Wildman–Crippen LogP) is 2.34. The van der Waals surface area contributed by atoms with Crippen LogP contribution in [0.25, 0.3) is 5.65 Å². The Kier molecular flexibility index (Phi) is 3.84. The molecule has 1 saturated heterocycles. The lowest BCUT2D eigenvalue weighted by molar-refractivity contribution is -0.121. The summed E-state index contributed by atoms with van der Waals surface area (Å²) in [7, 11) is 0. The van der Waals surface area contributed by atoms with E-state index in [2.05, 4.69) is 27.1 Å². The van der Waals surface area contributed by atoms with E-state index in [-0.39, 0.29) is 12.0 Å². The van der Waals surface area contributed by atoms with Crippen LogP contribution in [0.5, 0.6) is 0 Å². The maximum absolute atomic E-state index is 9.36. The first-order chi connectivity index (χ1) is 9.21. The van der Waals surface area contributed by atoms with Crippen LogP contribution in [-0.4, -0.2) is 40.1 Å². The average Bonchev–Trinajstić information content (AvgIpc) is 2.74. The third-order valence-electron chi connectivity index (χ3n) is 3.27. The molecule has 2 aromatic rings. The summed E-state index contributed by atoms with van der Waals surface area (Å²) in [6.07, 6.45) is 4.06. The Morgan fingerprint density at radius 1 is 1.42 bits per heavy atom. The van der Waals surface area contributed by atoms with Crippen molar-refractivity contribution >= 4 is 33.3 Å². The number of imidazole rings is 1. The molecule has 0 aromatic carbocycles. The minimum Gasteiger partial charge on any atom is -0.396 e. The molecular formula is C13H15BrN2O2S. The number of aromatic nitrogens is 2. The number of rotatable bonds is 5. The Hall–Kier alpha value is -0.560. The van der Waals surface area contributed by atoms with Gasteiger partial charge in [0.15, 0.2) is 0 Å². The van der Waals surface area contributed by atoms with Crippen molar-refractivity contribution in [2.75, 3.05) is 25.6 Å². The van der Waals surface area contributed by atoms with Crippen LogP contribution in [0, 0.1) is 5.41 Å². The van der Waals surface area contributed by atoms with Gasteiger partial charge < -0.3 is 14.2 Å². The molecule has 4 nitrogen and oxygen atoms in total. The smallest absolute Gasteiger partial charge is 0.137 e.